The van der Waals surface area contributed by atoms with Gasteiger partial charge in [0.25, 0.3) is 5.91 Å². The zero-order chi connectivity index (χ0) is 18.4. The van der Waals surface area contributed by atoms with Crippen LogP contribution in [0.25, 0.3) is 0 Å². The van der Waals surface area contributed by atoms with Gasteiger partial charge in [0, 0.05) is 14.8 Å². The maximum atomic E-state index is 12.2. The lowest BCUT2D eigenvalue weighted by molar-refractivity contribution is -0.151. The quantitative estimate of drug-likeness (QED) is 0.693. The number of anilines is 1. The number of para-hydroxylation sites is 1. The number of amides is 1. The average Bonchev–Trinajstić information content (AvgIpc) is 3.18. The zero-order valence-electron chi connectivity index (χ0n) is 14.2. The van der Waals surface area contributed by atoms with E-state index in [1.807, 2.05) is 48.5 Å². The molecular formula is C20H20ClNO3S. The number of nitrogens with one attached hydrogen (secondary N) is 1. The number of esters is 1. The molecule has 0 bridgehead atoms. The highest BCUT2D eigenvalue weighted by molar-refractivity contribution is 7.99. The first-order valence-corrected chi connectivity index (χ1v) is 9.80. The van der Waals surface area contributed by atoms with E-state index in [1.54, 1.807) is 0 Å². The van der Waals surface area contributed by atoms with Crippen LogP contribution >= 0.6 is 23.4 Å². The SMILES string of the molecule is O=C(COC(=O)C1CCCC1)Nc1ccccc1Sc1ccc(Cl)cc1. The third-order valence-corrected chi connectivity index (χ3v) is 5.57. The molecule has 6 heteroatoms. The Bertz CT molecular complexity index is 773. The van der Waals surface area contributed by atoms with E-state index in [2.05, 4.69) is 5.32 Å². The summed E-state index contributed by atoms with van der Waals surface area (Å²) in [5.41, 5.74) is 0.689. The van der Waals surface area contributed by atoms with Crippen molar-refractivity contribution in [3.8, 4) is 0 Å². The van der Waals surface area contributed by atoms with Gasteiger partial charge in [0.05, 0.1) is 11.6 Å². The highest BCUT2D eigenvalue weighted by Gasteiger charge is 2.24. The van der Waals surface area contributed by atoms with Gasteiger partial charge in [0.15, 0.2) is 6.61 Å². The van der Waals surface area contributed by atoms with Crippen LogP contribution in [0.4, 0.5) is 5.69 Å². The van der Waals surface area contributed by atoms with E-state index < -0.39 is 0 Å². The Morgan fingerprint density at radius 3 is 2.50 bits per heavy atom. The van der Waals surface area contributed by atoms with E-state index in [0.717, 1.165) is 35.5 Å². The zero-order valence-corrected chi connectivity index (χ0v) is 15.8. The average molecular weight is 390 g/mol. The van der Waals surface area contributed by atoms with E-state index in [0.29, 0.717) is 10.7 Å². The molecule has 3 rings (SSSR count). The fourth-order valence-electron chi connectivity index (χ4n) is 2.89. The molecule has 0 heterocycles. The Hall–Kier alpha value is -1.98. The second-order valence-electron chi connectivity index (χ2n) is 6.19. The molecule has 0 aromatic heterocycles. The number of hydrogen-bond donors (Lipinski definition) is 1. The minimum absolute atomic E-state index is 0.0458. The van der Waals surface area contributed by atoms with Crippen molar-refractivity contribution in [3.05, 3.63) is 53.6 Å². The van der Waals surface area contributed by atoms with Gasteiger partial charge in [-0.05, 0) is 49.2 Å². The van der Waals surface area contributed by atoms with E-state index in [1.165, 1.54) is 11.8 Å². The molecule has 1 amide bonds. The van der Waals surface area contributed by atoms with Gasteiger partial charge in [-0.25, -0.2) is 0 Å². The van der Waals surface area contributed by atoms with Crippen molar-refractivity contribution < 1.29 is 14.3 Å². The molecule has 2 aromatic carbocycles. The standard InChI is InChI=1S/C20H20ClNO3S/c21-15-9-11-16(12-10-15)26-18-8-4-3-7-17(18)22-19(23)13-25-20(24)14-5-1-2-6-14/h3-4,7-12,14H,1-2,5-6,13H2,(H,22,23). The molecule has 2 aromatic rings. The molecule has 4 nitrogen and oxygen atoms in total. The van der Waals surface area contributed by atoms with Crippen molar-refractivity contribution in [2.75, 3.05) is 11.9 Å². The first-order valence-electron chi connectivity index (χ1n) is 8.61. The molecular weight excluding hydrogens is 370 g/mol. The van der Waals surface area contributed by atoms with Gasteiger partial charge in [0.1, 0.15) is 0 Å². The normalized spacial score (nSPS) is 14.2. The summed E-state index contributed by atoms with van der Waals surface area (Å²) in [4.78, 5) is 26.0. The molecule has 0 atom stereocenters. The summed E-state index contributed by atoms with van der Waals surface area (Å²) in [5, 5.41) is 3.51. The van der Waals surface area contributed by atoms with E-state index in [4.69, 9.17) is 16.3 Å². The first-order chi connectivity index (χ1) is 12.6. The molecule has 0 radical (unpaired) electrons. The van der Waals surface area contributed by atoms with Crippen LogP contribution in [0.3, 0.4) is 0 Å². The molecule has 1 aliphatic carbocycles. The summed E-state index contributed by atoms with van der Waals surface area (Å²) >= 11 is 7.44. The second kappa shape index (κ2) is 9.10. The lowest BCUT2D eigenvalue weighted by Gasteiger charge is -2.12. The number of carbonyl (C=O) groups is 2. The number of ether oxygens (including phenoxy) is 1. The van der Waals surface area contributed by atoms with Crippen molar-refractivity contribution in [1.29, 1.82) is 0 Å². The Labute approximate surface area is 162 Å². The summed E-state index contributed by atoms with van der Waals surface area (Å²) < 4.78 is 5.16. The monoisotopic (exact) mass is 389 g/mol. The molecule has 136 valence electrons. The minimum atomic E-state index is -0.333. The largest absolute Gasteiger partial charge is 0.455 e. The van der Waals surface area contributed by atoms with Gasteiger partial charge in [0.2, 0.25) is 0 Å². The molecule has 26 heavy (non-hydrogen) atoms. The van der Waals surface area contributed by atoms with Crippen LogP contribution < -0.4 is 5.32 Å². The molecule has 0 aliphatic heterocycles. The van der Waals surface area contributed by atoms with Gasteiger partial charge in [-0.1, -0.05) is 48.3 Å². The van der Waals surface area contributed by atoms with Gasteiger partial charge in [-0.2, -0.15) is 0 Å². The van der Waals surface area contributed by atoms with E-state index in [-0.39, 0.29) is 24.4 Å². The topological polar surface area (TPSA) is 55.4 Å². The minimum Gasteiger partial charge on any atom is -0.455 e. The van der Waals surface area contributed by atoms with Crippen LogP contribution in [0.15, 0.2) is 58.3 Å². The van der Waals surface area contributed by atoms with Crippen LogP contribution in [-0.2, 0) is 14.3 Å². The fourth-order valence-corrected chi connectivity index (χ4v) is 3.92. The van der Waals surface area contributed by atoms with Crippen molar-refractivity contribution in [2.45, 2.75) is 35.5 Å². The predicted molar refractivity (Wildman–Crippen MR) is 104 cm³/mol. The van der Waals surface area contributed by atoms with Gasteiger partial charge >= 0.3 is 5.97 Å². The Morgan fingerprint density at radius 2 is 1.77 bits per heavy atom. The van der Waals surface area contributed by atoms with E-state index >= 15 is 0 Å². The molecule has 1 aliphatic rings. The molecule has 0 saturated heterocycles. The molecule has 1 fully saturated rings. The number of rotatable bonds is 6. The highest BCUT2D eigenvalue weighted by atomic mass is 35.5. The summed E-state index contributed by atoms with van der Waals surface area (Å²) in [6, 6.07) is 15.0. The van der Waals surface area contributed by atoms with Gasteiger partial charge in [-0.3, -0.25) is 9.59 Å². The Morgan fingerprint density at radius 1 is 1.08 bits per heavy atom. The van der Waals surface area contributed by atoms with Gasteiger partial charge < -0.3 is 10.1 Å². The maximum absolute atomic E-state index is 12.2. The molecule has 1 saturated carbocycles. The molecule has 1 N–H and O–H groups in total. The van der Waals surface area contributed by atoms with Crippen LogP contribution in [0.1, 0.15) is 25.7 Å². The Kier molecular flexibility index (Phi) is 6.58. The van der Waals surface area contributed by atoms with Gasteiger partial charge in [-0.15, -0.1) is 0 Å². The second-order valence-corrected chi connectivity index (χ2v) is 7.74. The van der Waals surface area contributed by atoms with Crippen molar-refractivity contribution in [3.63, 3.8) is 0 Å². The first kappa shape index (κ1) is 18.8. The van der Waals surface area contributed by atoms with Crippen LogP contribution in [0.2, 0.25) is 5.02 Å². The molecule has 0 unspecified atom stereocenters. The van der Waals surface area contributed by atoms with Crippen LogP contribution in [0.5, 0.6) is 0 Å². The lowest BCUT2D eigenvalue weighted by Crippen LogP contribution is -2.24. The number of halogens is 1. The third kappa shape index (κ3) is 5.26. The summed E-state index contributed by atoms with van der Waals surface area (Å²) in [7, 11) is 0. The van der Waals surface area contributed by atoms with Crippen LogP contribution in [-0.4, -0.2) is 18.5 Å². The molecule has 0 spiro atoms. The smallest absolute Gasteiger partial charge is 0.309 e. The highest BCUT2D eigenvalue weighted by Crippen LogP contribution is 2.34. The number of benzene rings is 2. The van der Waals surface area contributed by atoms with E-state index in [9.17, 15) is 9.59 Å². The number of carbonyl (C=O) groups excluding carboxylic acids is 2. The maximum Gasteiger partial charge on any atom is 0.309 e. The van der Waals surface area contributed by atoms with Crippen molar-refractivity contribution >= 4 is 40.9 Å². The lowest BCUT2D eigenvalue weighted by atomic mass is 10.1. The van der Waals surface area contributed by atoms with Crippen molar-refractivity contribution in [1.82, 2.24) is 0 Å². The van der Waals surface area contributed by atoms with Crippen molar-refractivity contribution in [2.24, 2.45) is 5.92 Å². The summed E-state index contributed by atoms with van der Waals surface area (Å²) in [6.45, 7) is -0.255. The third-order valence-electron chi connectivity index (χ3n) is 4.24. The fraction of sp³-hybridized carbons (Fsp3) is 0.300. The predicted octanol–water partition coefficient (Wildman–Crippen LogP) is 5.16. The van der Waals surface area contributed by atoms with Crippen LogP contribution in [0, 0.1) is 5.92 Å². The Balaban J connectivity index is 1.57. The summed E-state index contributed by atoms with van der Waals surface area (Å²) in [6.07, 6.45) is 3.84. The number of hydrogen-bond acceptors (Lipinski definition) is 4. The summed E-state index contributed by atoms with van der Waals surface area (Å²) in [5.74, 6) is -0.641.